The molecule has 6 nitrogen and oxygen atoms in total. The summed E-state index contributed by atoms with van der Waals surface area (Å²) >= 11 is 2.52. The van der Waals surface area contributed by atoms with Gasteiger partial charge in [0.2, 0.25) is 0 Å². The van der Waals surface area contributed by atoms with E-state index in [1.807, 2.05) is 30.3 Å². The van der Waals surface area contributed by atoms with Crippen LogP contribution in [-0.2, 0) is 11.3 Å². The SMILES string of the molecule is Cc1c(C(=O)O)sc2ncnc(SCC(O)COCc3ccccc3)c12. The minimum atomic E-state index is -0.962. The number of aliphatic hydroxyl groups excluding tert-OH is 1. The van der Waals surface area contributed by atoms with Crippen LogP contribution < -0.4 is 0 Å². The smallest absolute Gasteiger partial charge is 0.346 e. The van der Waals surface area contributed by atoms with Gasteiger partial charge in [0, 0.05) is 11.1 Å². The van der Waals surface area contributed by atoms with Crippen molar-refractivity contribution in [3.8, 4) is 0 Å². The molecule has 0 aliphatic carbocycles. The quantitative estimate of drug-likeness (QED) is 0.450. The summed E-state index contributed by atoms with van der Waals surface area (Å²) in [6.45, 7) is 2.43. The summed E-state index contributed by atoms with van der Waals surface area (Å²) in [4.78, 5) is 20.6. The van der Waals surface area contributed by atoms with Crippen LogP contribution in [0.25, 0.3) is 10.2 Å². The van der Waals surface area contributed by atoms with Crippen molar-refractivity contribution in [2.45, 2.75) is 24.7 Å². The van der Waals surface area contributed by atoms with Crippen molar-refractivity contribution in [2.24, 2.45) is 0 Å². The fourth-order valence-electron chi connectivity index (χ4n) is 2.46. The third-order valence-corrected chi connectivity index (χ3v) is 6.04. The first kappa shape index (κ1) is 18.8. The number of aromatic carboxylic acids is 1. The van der Waals surface area contributed by atoms with Crippen LogP contribution in [0.3, 0.4) is 0 Å². The number of hydrogen-bond donors (Lipinski definition) is 2. The minimum absolute atomic E-state index is 0.221. The normalized spacial score (nSPS) is 12.4. The largest absolute Gasteiger partial charge is 0.477 e. The molecule has 2 aromatic heterocycles. The van der Waals surface area contributed by atoms with E-state index in [2.05, 4.69) is 9.97 Å². The van der Waals surface area contributed by atoms with Gasteiger partial charge in [0.05, 0.1) is 19.3 Å². The van der Waals surface area contributed by atoms with Gasteiger partial charge in [-0.2, -0.15) is 0 Å². The van der Waals surface area contributed by atoms with Crippen LogP contribution in [0.15, 0.2) is 41.7 Å². The van der Waals surface area contributed by atoms with Crippen molar-refractivity contribution < 1.29 is 19.7 Å². The Balaban J connectivity index is 1.59. The van der Waals surface area contributed by atoms with E-state index in [0.29, 0.717) is 27.8 Å². The molecule has 8 heteroatoms. The van der Waals surface area contributed by atoms with E-state index < -0.39 is 12.1 Å². The maximum Gasteiger partial charge on any atom is 0.346 e. The molecule has 2 heterocycles. The standard InChI is InChI=1S/C18H18N2O4S2/c1-11-14-16(19-10-20-17(14)26-15(11)18(22)23)25-9-13(21)8-24-7-12-5-3-2-4-6-12/h2-6,10,13,21H,7-9H2,1H3,(H,22,23). The van der Waals surface area contributed by atoms with E-state index >= 15 is 0 Å². The number of fused-ring (bicyclic) bond motifs is 1. The van der Waals surface area contributed by atoms with Crippen LogP contribution in [0.2, 0.25) is 0 Å². The molecule has 0 saturated heterocycles. The number of rotatable bonds is 8. The molecule has 0 fully saturated rings. The lowest BCUT2D eigenvalue weighted by molar-refractivity contribution is 0.0398. The molecule has 0 aliphatic rings. The summed E-state index contributed by atoms with van der Waals surface area (Å²) in [6.07, 6.45) is 0.774. The average molecular weight is 390 g/mol. The average Bonchev–Trinajstić information content (AvgIpc) is 2.99. The van der Waals surface area contributed by atoms with Crippen molar-refractivity contribution in [3.05, 3.63) is 52.7 Å². The van der Waals surface area contributed by atoms with E-state index in [1.54, 1.807) is 6.92 Å². The van der Waals surface area contributed by atoms with Crippen molar-refractivity contribution in [1.82, 2.24) is 9.97 Å². The Morgan fingerprint density at radius 2 is 2.08 bits per heavy atom. The molecular weight excluding hydrogens is 372 g/mol. The molecule has 1 unspecified atom stereocenters. The number of hydrogen-bond acceptors (Lipinski definition) is 7. The van der Waals surface area contributed by atoms with Crippen molar-refractivity contribution in [3.63, 3.8) is 0 Å². The van der Waals surface area contributed by atoms with Crippen LogP contribution in [0.4, 0.5) is 0 Å². The fraction of sp³-hybridized carbons (Fsp3) is 0.278. The molecule has 0 saturated carbocycles. The van der Waals surface area contributed by atoms with Gasteiger partial charge in [0.15, 0.2) is 0 Å². The summed E-state index contributed by atoms with van der Waals surface area (Å²) in [5, 5.41) is 20.8. The number of carboxylic acids is 1. The molecule has 0 aliphatic heterocycles. The Morgan fingerprint density at radius 1 is 1.31 bits per heavy atom. The molecule has 0 amide bonds. The molecule has 0 radical (unpaired) electrons. The second kappa shape index (κ2) is 8.59. The predicted molar refractivity (Wildman–Crippen MR) is 102 cm³/mol. The van der Waals surface area contributed by atoms with Crippen LogP contribution in [0.1, 0.15) is 20.8 Å². The predicted octanol–water partition coefficient (Wildman–Crippen LogP) is 3.37. The molecule has 3 aromatic rings. The molecular formula is C18H18N2O4S2. The van der Waals surface area contributed by atoms with Gasteiger partial charge >= 0.3 is 5.97 Å². The monoisotopic (exact) mass is 390 g/mol. The van der Waals surface area contributed by atoms with Crippen molar-refractivity contribution in [1.29, 1.82) is 0 Å². The Labute approximate surface area is 158 Å². The number of aliphatic hydroxyl groups is 1. The van der Waals surface area contributed by atoms with Gasteiger partial charge in [-0.3, -0.25) is 0 Å². The fourth-order valence-corrected chi connectivity index (χ4v) is 4.48. The molecule has 2 N–H and O–H groups in total. The number of aryl methyl sites for hydroxylation is 1. The number of ether oxygens (including phenoxy) is 1. The zero-order chi connectivity index (χ0) is 18.5. The van der Waals surface area contributed by atoms with Crippen molar-refractivity contribution in [2.75, 3.05) is 12.4 Å². The van der Waals surface area contributed by atoms with Gasteiger partial charge < -0.3 is 14.9 Å². The van der Waals surface area contributed by atoms with E-state index in [9.17, 15) is 15.0 Å². The van der Waals surface area contributed by atoms with Gasteiger partial charge in [0.1, 0.15) is 21.1 Å². The number of benzene rings is 1. The van der Waals surface area contributed by atoms with Crippen molar-refractivity contribution >= 4 is 39.3 Å². The summed E-state index contributed by atoms with van der Waals surface area (Å²) in [5.41, 5.74) is 1.72. The second-order valence-corrected chi connectivity index (χ2v) is 7.69. The Morgan fingerprint density at radius 3 is 2.81 bits per heavy atom. The number of aromatic nitrogens is 2. The van der Waals surface area contributed by atoms with Gasteiger partial charge in [-0.05, 0) is 18.1 Å². The number of thioether (sulfide) groups is 1. The first-order chi connectivity index (χ1) is 12.6. The van der Waals surface area contributed by atoms with E-state index in [-0.39, 0.29) is 11.5 Å². The number of carboxylic acid groups (broad SMARTS) is 1. The highest BCUT2D eigenvalue weighted by atomic mass is 32.2. The van der Waals surface area contributed by atoms with E-state index in [0.717, 1.165) is 22.3 Å². The minimum Gasteiger partial charge on any atom is -0.477 e. The lowest BCUT2D eigenvalue weighted by Gasteiger charge is -2.11. The highest BCUT2D eigenvalue weighted by Gasteiger charge is 2.19. The Bertz CT molecular complexity index is 899. The van der Waals surface area contributed by atoms with E-state index in [4.69, 9.17) is 4.74 Å². The van der Waals surface area contributed by atoms with Crippen LogP contribution in [-0.4, -0.2) is 44.6 Å². The topological polar surface area (TPSA) is 92.5 Å². The first-order valence-electron chi connectivity index (χ1n) is 7.96. The third-order valence-electron chi connectivity index (χ3n) is 3.72. The van der Waals surface area contributed by atoms with Gasteiger partial charge in [0.25, 0.3) is 0 Å². The number of thiophene rings is 1. The Kier molecular flexibility index (Phi) is 6.20. The van der Waals surface area contributed by atoms with Crippen LogP contribution in [0.5, 0.6) is 0 Å². The zero-order valence-electron chi connectivity index (χ0n) is 14.1. The molecule has 1 atom stereocenters. The lowest BCUT2D eigenvalue weighted by Crippen LogP contribution is -2.18. The number of carbonyl (C=O) groups is 1. The lowest BCUT2D eigenvalue weighted by atomic mass is 10.2. The molecule has 0 spiro atoms. The van der Waals surface area contributed by atoms with Gasteiger partial charge in [-0.15, -0.1) is 23.1 Å². The molecule has 1 aromatic carbocycles. The molecule has 0 bridgehead atoms. The Hall–Kier alpha value is -2.00. The highest BCUT2D eigenvalue weighted by Crippen LogP contribution is 2.35. The third kappa shape index (κ3) is 4.39. The maximum atomic E-state index is 11.3. The van der Waals surface area contributed by atoms with Crippen LogP contribution >= 0.6 is 23.1 Å². The van der Waals surface area contributed by atoms with E-state index in [1.165, 1.54) is 18.1 Å². The molecule has 3 rings (SSSR count). The first-order valence-corrected chi connectivity index (χ1v) is 9.76. The van der Waals surface area contributed by atoms with Gasteiger partial charge in [-0.1, -0.05) is 30.3 Å². The molecule has 26 heavy (non-hydrogen) atoms. The second-order valence-electron chi connectivity index (χ2n) is 5.69. The summed E-state index contributed by atoms with van der Waals surface area (Å²) in [7, 11) is 0. The highest BCUT2D eigenvalue weighted by molar-refractivity contribution is 7.99. The molecule has 136 valence electrons. The zero-order valence-corrected chi connectivity index (χ0v) is 15.7. The number of nitrogens with zero attached hydrogens (tertiary/aromatic N) is 2. The maximum absolute atomic E-state index is 11.3. The van der Waals surface area contributed by atoms with Gasteiger partial charge in [-0.25, -0.2) is 14.8 Å². The summed E-state index contributed by atoms with van der Waals surface area (Å²) < 4.78 is 5.54. The van der Waals surface area contributed by atoms with Crippen LogP contribution in [0, 0.1) is 6.92 Å². The summed E-state index contributed by atoms with van der Waals surface area (Å²) in [5.74, 6) is -0.561. The summed E-state index contributed by atoms with van der Waals surface area (Å²) in [6, 6.07) is 9.77.